The summed E-state index contributed by atoms with van der Waals surface area (Å²) in [5, 5.41) is 11.0. The van der Waals surface area contributed by atoms with Gasteiger partial charge in [-0.25, -0.2) is 0 Å². The summed E-state index contributed by atoms with van der Waals surface area (Å²) in [6.45, 7) is 1.40. The lowest BCUT2D eigenvalue weighted by Crippen LogP contribution is -2.38. The number of carboxylic acids is 1. The lowest BCUT2D eigenvalue weighted by atomic mass is 10.3. The zero-order chi connectivity index (χ0) is 15.1. The summed E-state index contributed by atoms with van der Waals surface area (Å²) in [4.78, 5) is 22.7. The van der Waals surface area contributed by atoms with Gasteiger partial charge in [0, 0.05) is 21.5 Å². The molecule has 20 heavy (non-hydrogen) atoms. The quantitative estimate of drug-likeness (QED) is 0.776. The van der Waals surface area contributed by atoms with Crippen molar-refractivity contribution in [2.75, 3.05) is 5.75 Å². The van der Waals surface area contributed by atoms with Crippen molar-refractivity contribution in [3.63, 3.8) is 0 Å². The summed E-state index contributed by atoms with van der Waals surface area (Å²) in [6.07, 6.45) is 0.612. The van der Waals surface area contributed by atoms with E-state index in [1.807, 2.05) is 12.1 Å². The van der Waals surface area contributed by atoms with Crippen LogP contribution in [0.25, 0.3) is 0 Å². The van der Waals surface area contributed by atoms with E-state index in [4.69, 9.17) is 5.11 Å². The minimum atomic E-state index is -1.15. The molecule has 0 saturated carbocycles. The molecule has 0 heterocycles. The van der Waals surface area contributed by atoms with E-state index in [2.05, 4.69) is 21.2 Å². The largest absolute Gasteiger partial charge is 0.480 e. The highest BCUT2D eigenvalue weighted by atomic mass is 79.9. The summed E-state index contributed by atoms with van der Waals surface area (Å²) in [7, 11) is -1.15. The Hall–Kier alpha value is -1.21. The number of benzene rings is 1. The number of hydrogen-bond acceptors (Lipinski definition) is 3. The van der Waals surface area contributed by atoms with Crippen LogP contribution < -0.4 is 5.32 Å². The molecule has 2 N–H and O–H groups in total. The highest BCUT2D eigenvalue weighted by molar-refractivity contribution is 9.10. The van der Waals surface area contributed by atoms with Crippen molar-refractivity contribution in [2.24, 2.45) is 0 Å². The van der Waals surface area contributed by atoms with Gasteiger partial charge in [0.1, 0.15) is 6.04 Å². The summed E-state index contributed by atoms with van der Waals surface area (Å²) in [5.74, 6) is -1.04. The van der Waals surface area contributed by atoms with Gasteiger partial charge < -0.3 is 10.4 Å². The van der Waals surface area contributed by atoms with Gasteiger partial charge in [-0.3, -0.25) is 13.8 Å². The molecule has 0 spiro atoms. The molecule has 0 aliphatic carbocycles. The summed E-state index contributed by atoms with van der Waals surface area (Å²) in [5.41, 5.74) is 0. The monoisotopic (exact) mass is 361 g/mol. The molecule has 7 heteroatoms. The van der Waals surface area contributed by atoms with Gasteiger partial charge in [0.05, 0.1) is 10.8 Å². The number of halogens is 1. The molecule has 1 aromatic carbocycles. The first-order valence-electron chi connectivity index (χ1n) is 6.06. The fourth-order valence-corrected chi connectivity index (χ4v) is 2.79. The average molecular weight is 362 g/mol. The van der Waals surface area contributed by atoms with Crippen LogP contribution in [0.1, 0.15) is 19.8 Å². The fraction of sp³-hybridized carbons (Fsp3) is 0.385. The molecule has 2 unspecified atom stereocenters. The van der Waals surface area contributed by atoms with E-state index in [9.17, 15) is 13.8 Å². The molecule has 0 fully saturated rings. The Morgan fingerprint density at radius 3 is 2.50 bits per heavy atom. The Labute approximate surface area is 128 Å². The Morgan fingerprint density at radius 1 is 1.35 bits per heavy atom. The maximum atomic E-state index is 11.9. The van der Waals surface area contributed by atoms with Gasteiger partial charge in [0.15, 0.2) is 0 Å². The van der Waals surface area contributed by atoms with Gasteiger partial charge >= 0.3 is 5.97 Å². The maximum absolute atomic E-state index is 11.9. The summed E-state index contributed by atoms with van der Waals surface area (Å²) in [6, 6.07) is 6.27. The lowest BCUT2D eigenvalue weighted by molar-refractivity contribution is -0.141. The molecule has 1 aromatic rings. The van der Waals surface area contributed by atoms with Crippen LogP contribution in [0.4, 0.5) is 0 Å². The Bertz CT molecular complexity index is 504. The number of carbonyl (C=O) groups excluding carboxylic acids is 1. The minimum Gasteiger partial charge on any atom is -0.480 e. The normalized spacial score (nSPS) is 13.5. The number of aliphatic carboxylic acids is 1. The topological polar surface area (TPSA) is 83.5 Å². The molecule has 0 radical (unpaired) electrons. The van der Waals surface area contributed by atoms with Crippen LogP contribution in [-0.4, -0.2) is 33.0 Å². The van der Waals surface area contributed by atoms with Crippen LogP contribution in [0, 0.1) is 0 Å². The van der Waals surface area contributed by atoms with Crippen molar-refractivity contribution in [3.05, 3.63) is 28.7 Å². The Balaban J connectivity index is 2.33. The van der Waals surface area contributed by atoms with E-state index in [0.29, 0.717) is 17.1 Å². The molecule has 0 bridgehead atoms. The van der Waals surface area contributed by atoms with Crippen molar-refractivity contribution in [3.8, 4) is 0 Å². The number of nitrogens with one attached hydrogen (secondary N) is 1. The summed E-state index contributed by atoms with van der Waals surface area (Å²) < 4.78 is 12.9. The predicted octanol–water partition coefficient (Wildman–Crippen LogP) is 1.93. The molecule has 1 amide bonds. The van der Waals surface area contributed by atoms with E-state index >= 15 is 0 Å². The van der Waals surface area contributed by atoms with Crippen LogP contribution in [-0.2, 0) is 20.4 Å². The minimum absolute atomic E-state index is 0.167. The highest BCUT2D eigenvalue weighted by Crippen LogP contribution is 2.14. The molecular weight excluding hydrogens is 346 g/mol. The Morgan fingerprint density at radius 2 is 1.95 bits per heavy atom. The van der Waals surface area contributed by atoms with E-state index < -0.39 is 22.8 Å². The number of rotatable bonds is 7. The number of carbonyl (C=O) groups is 2. The van der Waals surface area contributed by atoms with Gasteiger partial charge in [0.2, 0.25) is 5.91 Å². The molecule has 0 aromatic heterocycles. The zero-order valence-corrected chi connectivity index (χ0v) is 13.4. The second kappa shape index (κ2) is 8.16. The van der Waals surface area contributed by atoms with Crippen LogP contribution in [0.5, 0.6) is 0 Å². The molecular formula is C13H16BrNO4S. The second-order valence-corrected chi connectivity index (χ2v) is 6.72. The van der Waals surface area contributed by atoms with Crippen molar-refractivity contribution >= 4 is 38.6 Å². The SMILES string of the molecule is CC(NC(=O)CCCS(=O)c1ccc(Br)cc1)C(=O)O. The molecule has 0 saturated heterocycles. The van der Waals surface area contributed by atoms with Gasteiger partial charge in [-0.2, -0.15) is 0 Å². The Kier molecular flexibility index (Phi) is 6.87. The molecule has 0 aliphatic rings. The first-order chi connectivity index (χ1) is 9.40. The van der Waals surface area contributed by atoms with Gasteiger partial charge in [-0.1, -0.05) is 15.9 Å². The molecule has 5 nitrogen and oxygen atoms in total. The molecule has 1 rings (SSSR count). The third-order valence-corrected chi connectivity index (χ3v) is 4.54. The van der Waals surface area contributed by atoms with E-state index in [0.717, 1.165) is 4.47 Å². The van der Waals surface area contributed by atoms with Gasteiger partial charge in [-0.15, -0.1) is 0 Å². The maximum Gasteiger partial charge on any atom is 0.325 e. The highest BCUT2D eigenvalue weighted by Gasteiger charge is 2.13. The fourth-order valence-electron chi connectivity index (χ4n) is 1.44. The molecule has 0 aliphatic heterocycles. The van der Waals surface area contributed by atoms with Crippen LogP contribution in [0.2, 0.25) is 0 Å². The smallest absolute Gasteiger partial charge is 0.325 e. The van der Waals surface area contributed by atoms with Crippen molar-refractivity contribution < 1.29 is 18.9 Å². The third-order valence-electron chi connectivity index (χ3n) is 2.56. The van der Waals surface area contributed by atoms with Gasteiger partial charge in [0.25, 0.3) is 0 Å². The van der Waals surface area contributed by atoms with E-state index in [-0.39, 0.29) is 12.3 Å². The van der Waals surface area contributed by atoms with Crippen molar-refractivity contribution in [1.82, 2.24) is 5.32 Å². The third kappa shape index (κ3) is 5.83. The summed E-state index contributed by atoms with van der Waals surface area (Å²) >= 11 is 3.30. The van der Waals surface area contributed by atoms with Crippen molar-refractivity contribution in [1.29, 1.82) is 0 Å². The zero-order valence-electron chi connectivity index (χ0n) is 11.0. The second-order valence-electron chi connectivity index (χ2n) is 4.23. The van der Waals surface area contributed by atoms with Crippen LogP contribution in [0.15, 0.2) is 33.6 Å². The van der Waals surface area contributed by atoms with Gasteiger partial charge in [-0.05, 0) is 37.6 Å². The number of hydrogen-bond donors (Lipinski definition) is 2. The van der Waals surface area contributed by atoms with Crippen LogP contribution >= 0.6 is 15.9 Å². The lowest BCUT2D eigenvalue weighted by Gasteiger charge is -2.08. The predicted molar refractivity (Wildman–Crippen MR) is 79.9 cm³/mol. The first kappa shape index (κ1) is 16.8. The molecule has 110 valence electrons. The molecule has 2 atom stereocenters. The number of carboxylic acid groups (broad SMARTS) is 1. The van der Waals surface area contributed by atoms with E-state index in [1.54, 1.807) is 12.1 Å². The number of amides is 1. The standard InChI is InChI=1S/C13H16BrNO4S/c1-9(13(17)18)15-12(16)3-2-8-20(19)11-6-4-10(14)5-7-11/h4-7,9H,2-3,8H2,1H3,(H,15,16)(H,17,18). The van der Waals surface area contributed by atoms with Crippen LogP contribution in [0.3, 0.4) is 0 Å². The van der Waals surface area contributed by atoms with E-state index in [1.165, 1.54) is 6.92 Å². The average Bonchev–Trinajstić information content (AvgIpc) is 2.39. The first-order valence-corrected chi connectivity index (χ1v) is 8.17. The van der Waals surface area contributed by atoms with Crippen molar-refractivity contribution in [2.45, 2.75) is 30.7 Å².